The van der Waals surface area contributed by atoms with Crippen LogP contribution >= 0.6 is 0 Å². The number of rotatable bonds is 4. The smallest absolute Gasteiger partial charge is 0.0202 e. The Labute approximate surface area is 126 Å². The zero-order chi connectivity index (χ0) is 13.6. The van der Waals surface area contributed by atoms with Gasteiger partial charge in [0.15, 0.2) is 0 Å². The molecule has 0 nitrogen and oxygen atoms in total. The number of hydrogen-bond acceptors (Lipinski definition) is 0. The van der Waals surface area contributed by atoms with Gasteiger partial charge in [0.05, 0.1) is 0 Å². The van der Waals surface area contributed by atoms with Crippen molar-refractivity contribution in [1.29, 1.82) is 0 Å². The normalized spacial score (nSPS) is 31.3. The predicted molar refractivity (Wildman–Crippen MR) is 87.7 cm³/mol. The zero-order valence-electron chi connectivity index (χ0n) is 13.4. The molecule has 0 heteroatoms. The molecule has 2 atom stereocenters. The summed E-state index contributed by atoms with van der Waals surface area (Å²) < 4.78 is 0. The monoisotopic (exact) mass is 274 g/mol. The molecule has 3 aliphatic carbocycles. The molecular formula is C20H34. The number of hydrogen-bond donors (Lipinski definition) is 0. The van der Waals surface area contributed by atoms with Gasteiger partial charge in [-0.1, -0.05) is 76.4 Å². The lowest BCUT2D eigenvalue weighted by Gasteiger charge is -2.38. The fraction of sp³-hybridized carbons (Fsp3) is 0.900. The second-order valence-corrected chi connectivity index (χ2v) is 7.82. The van der Waals surface area contributed by atoms with Gasteiger partial charge in [-0.2, -0.15) is 0 Å². The first-order chi connectivity index (χ1) is 9.93. The van der Waals surface area contributed by atoms with Crippen molar-refractivity contribution >= 4 is 0 Å². The van der Waals surface area contributed by atoms with Crippen LogP contribution in [-0.2, 0) is 0 Å². The molecule has 2 unspecified atom stereocenters. The van der Waals surface area contributed by atoms with Crippen LogP contribution in [-0.4, -0.2) is 0 Å². The van der Waals surface area contributed by atoms with Gasteiger partial charge in [0, 0.05) is 0 Å². The second-order valence-electron chi connectivity index (χ2n) is 7.82. The van der Waals surface area contributed by atoms with Crippen molar-refractivity contribution in [2.75, 3.05) is 0 Å². The van der Waals surface area contributed by atoms with Crippen molar-refractivity contribution in [3.8, 4) is 0 Å². The molecule has 0 aromatic heterocycles. The first kappa shape index (κ1) is 14.7. The van der Waals surface area contributed by atoms with Crippen molar-refractivity contribution < 1.29 is 0 Å². The predicted octanol–water partition coefficient (Wildman–Crippen LogP) is 6.51. The number of allylic oxidation sites excluding steroid dienone is 2. The largest absolute Gasteiger partial charge is 0.0882 e. The average Bonchev–Trinajstić information content (AvgIpc) is 2.55. The fourth-order valence-corrected chi connectivity index (χ4v) is 5.28. The van der Waals surface area contributed by atoms with E-state index in [1.807, 2.05) is 0 Å². The third-order valence-corrected chi connectivity index (χ3v) is 6.43. The van der Waals surface area contributed by atoms with E-state index >= 15 is 0 Å². The minimum Gasteiger partial charge on any atom is -0.0882 e. The topological polar surface area (TPSA) is 0 Å². The maximum atomic E-state index is 2.62. The Hall–Kier alpha value is -0.260. The summed E-state index contributed by atoms with van der Waals surface area (Å²) in [7, 11) is 0. The SMILES string of the molecule is C1=CC(C(CC2CCCCC2)C2CCCCC2)CCC1. The molecule has 0 amide bonds. The molecule has 0 radical (unpaired) electrons. The first-order valence-electron chi connectivity index (χ1n) is 9.60. The van der Waals surface area contributed by atoms with Crippen LogP contribution < -0.4 is 0 Å². The molecule has 3 aliphatic rings. The van der Waals surface area contributed by atoms with Crippen molar-refractivity contribution in [2.45, 2.75) is 89.9 Å². The van der Waals surface area contributed by atoms with Crippen LogP contribution in [0.15, 0.2) is 12.2 Å². The van der Waals surface area contributed by atoms with E-state index in [4.69, 9.17) is 0 Å². The molecule has 0 saturated heterocycles. The summed E-state index contributed by atoms with van der Waals surface area (Å²) in [4.78, 5) is 0. The molecule has 20 heavy (non-hydrogen) atoms. The van der Waals surface area contributed by atoms with Gasteiger partial charge >= 0.3 is 0 Å². The fourth-order valence-electron chi connectivity index (χ4n) is 5.28. The summed E-state index contributed by atoms with van der Waals surface area (Å²) in [5.74, 6) is 4.12. The highest BCUT2D eigenvalue weighted by Crippen LogP contribution is 2.43. The Balaban J connectivity index is 1.64. The average molecular weight is 274 g/mol. The van der Waals surface area contributed by atoms with Gasteiger partial charge in [0.1, 0.15) is 0 Å². The zero-order valence-corrected chi connectivity index (χ0v) is 13.4. The van der Waals surface area contributed by atoms with Crippen LogP contribution in [0.25, 0.3) is 0 Å². The van der Waals surface area contributed by atoms with Crippen LogP contribution in [0.1, 0.15) is 89.9 Å². The standard InChI is InChI=1S/C20H34/c1-4-10-17(11-5-1)16-20(18-12-6-2-7-13-18)19-14-8-3-9-15-19/h6,12,17-20H,1-5,7-11,13-16H2. The van der Waals surface area contributed by atoms with E-state index in [-0.39, 0.29) is 0 Å². The summed E-state index contributed by atoms with van der Waals surface area (Å²) in [6, 6.07) is 0. The molecule has 0 spiro atoms. The molecule has 3 rings (SSSR count). The van der Waals surface area contributed by atoms with Crippen molar-refractivity contribution in [1.82, 2.24) is 0 Å². The maximum absolute atomic E-state index is 2.62. The molecular weight excluding hydrogens is 240 g/mol. The molecule has 0 heterocycles. The third kappa shape index (κ3) is 3.89. The van der Waals surface area contributed by atoms with Crippen molar-refractivity contribution in [3.05, 3.63) is 12.2 Å². The van der Waals surface area contributed by atoms with Gasteiger partial charge < -0.3 is 0 Å². The van der Waals surface area contributed by atoms with E-state index in [1.54, 1.807) is 32.1 Å². The van der Waals surface area contributed by atoms with Crippen LogP contribution in [0.3, 0.4) is 0 Å². The quantitative estimate of drug-likeness (QED) is 0.513. The van der Waals surface area contributed by atoms with Crippen molar-refractivity contribution in [3.63, 3.8) is 0 Å². The van der Waals surface area contributed by atoms with Crippen LogP contribution in [0, 0.1) is 23.7 Å². The molecule has 2 saturated carbocycles. The summed E-state index contributed by atoms with van der Waals surface area (Å²) in [6.45, 7) is 0. The lowest BCUT2D eigenvalue weighted by molar-refractivity contribution is 0.144. The maximum Gasteiger partial charge on any atom is -0.0202 e. The minimum atomic E-state index is 0.939. The highest BCUT2D eigenvalue weighted by atomic mass is 14.4. The first-order valence-corrected chi connectivity index (χ1v) is 9.60. The highest BCUT2D eigenvalue weighted by molar-refractivity contribution is 4.98. The Morgan fingerprint density at radius 2 is 1.45 bits per heavy atom. The second kappa shape index (κ2) is 7.66. The summed E-state index contributed by atoms with van der Waals surface area (Å²) in [5, 5.41) is 0. The molecule has 0 bridgehead atoms. The molecule has 114 valence electrons. The molecule has 0 aromatic carbocycles. The summed E-state index contributed by atoms with van der Waals surface area (Å²) in [6.07, 6.45) is 26.2. The minimum absolute atomic E-state index is 0.939. The van der Waals surface area contributed by atoms with Gasteiger partial charge in [0.2, 0.25) is 0 Å². The molecule has 0 aromatic rings. The van der Waals surface area contributed by atoms with E-state index in [9.17, 15) is 0 Å². The highest BCUT2D eigenvalue weighted by Gasteiger charge is 2.32. The lowest BCUT2D eigenvalue weighted by atomic mass is 9.67. The van der Waals surface area contributed by atoms with Gasteiger partial charge in [0.25, 0.3) is 0 Å². The molecule has 2 fully saturated rings. The Morgan fingerprint density at radius 3 is 2.10 bits per heavy atom. The van der Waals surface area contributed by atoms with Gasteiger partial charge in [-0.25, -0.2) is 0 Å². The summed E-state index contributed by atoms with van der Waals surface area (Å²) >= 11 is 0. The van der Waals surface area contributed by atoms with Crippen LogP contribution in [0.4, 0.5) is 0 Å². The van der Waals surface area contributed by atoms with Crippen molar-refractivity contribution in [2.24, 2.45) is 23.7 Å². The van der Waals surface area contributed by atoms with Gasteiger partial charge in [-0.15, -0.1) is 0 Å². The Kier molecular flexibility index (Phi) is 5.62. The molecule has 0 N–H and O–H groups in total. The van der Waals surface area contributed by atoms with Gasteiger partial charge in [-0.05, 0) is 49.4 Å². The van der Waals surface area contributed by atoms with E-state index < -0.39 is 0 Å². The van der Waals surface area contributed by atoms with E-state index in [0.717, 1.165) is 23.7 Å². The molecule has 0 aliphatic heterocycles. The van der Waals surface area contributed by atoms with E-state index in [2.05, 4.69) is 12.2 Å². The Morgan fingerprint density at radius 1 is 0.750 bits per heavy atom. The van der Waals surface area contributed by atoms with Crippen LogP contribution in [0.5, 0.6) is 0 Å². The van der Waals surface area contributed by atoms with E-state index in [0.29, 0.717) is 0 Å². The Bertz CT molecular complexity index is 291. The lowest BCUT2D eigenvalue weighted by Crippen LogP contribution is -2.28. The summed E-state index contributed by atoms with van der Waals surface area (Å²) in [5.41, 5.74) is 0. The van der Waals surface area contributed by atoms with E-state index in [1.165, 1.54) is 57.8 Å². The third-order valence-electron chi connectivity index (χ3n) is 6.43. The van der Waals surface area contributed by atoms with Crippen LogP contribution in [0.2, 0.25) is 0 Å². The van der Waals surface area contributed by atoms with Gasteiger partial charge in [-0.3, -0.25) is 0 Å².